The van der Waals surface area contributed by atoms with E-state index >= 15 is 0 Å². The summed E-state index contributed by atoms with van der Waals surface area (Å²) in [5.74, 6) is 3.47. The van der Waals surface area contributed by atoms with Crippen LogP contribution < -0.4 is 4.74 Å². The maximum Gasteiger partial charge on any atom is 0.261 e. The van der Waals surface area contributed by atoms with Gasteiger partial charge >= 0.3 is 0 Å². The molecular weight excluding hydrogens is 364 g/mol. The minimum atomic E-state index is -0.0416. The van der Waals surface area contributed by atoms with E-state index in [1.165, 1.54) is 12.8 Å². The summed E-state index contributed by atoms with van der Waals surface area (Å²) >= 11 is 5.89. The third-order valence-corrected chi connectivity index (χ3v) is 5.33. The number of aromatic nitrogens is 3. The number of ether oxygens (including phenoxy) is 1. The van der Waals surface area contributed by atoms with E-state index in [0.29, 0.717) is 35.7 Å². The Kier molecular flexibility index (Phi) is 5.08. The Morgan fingerprint density at radius 3 is 2.67 bits per heavy atom. The number of amides is 1. The van der Waals surface area contributed by atoms with E-state index in [0.717, 1.165) is 18.1 Å². The highest BCUT2D eigenvalue weighted by Gasteiger charge is 2.37. The van der Waals surface area contributed by atoms with Crippen molar-refractivity contribution in [3.63, 3.8) is 0 Å². The Labute approximate surface area is 164 Å². The zero-order chi connectivity index (χ0) is 19.0. The van der Waals surface area contributed by atoms with Crippen LogP contribution in [0.25, 0.3) is 0 Å². The molecule has 7 heteroatoms. The first-order chi connectivity index (χ1) is 13.0. The second kappa shape index (κ2) is 7.50. The van der Waals surface area contributed by atoms with Crippen molar-refractivity contribution in [3.05, 3.63) is 40.9 Å². The van der Waals surface area contributed by atoms with Crippen LogP contribution in [-0.2, 0) is 11.3 Å². The van der Waals surface area contributed by atoms with Crippen molar-refractivity contribution < 1.29 is 9.53 Å². The summed E-state index contributed by atoms with van der Waals surface area (Å²) in [5, 5.41) is 5.34. The molecule has 27 heavy (non-hydrogen) atoms. The molecule has 0 radical (unpaired) electrons. The van der Waals surface area contributed by atoms with Gasteiger partial charge in [0.1, 0.15) is 11.6 Å². The molecule has 0 bridgehead atoms. The molecule has 0 saturated heterocycles. The van der Waals surface area contributed by atoms with Gasteiger partial charge in [-0.2, -0.15) is 5.10 Å². The average molecular weight is 389 g/mol. The van der Waals surface area contributed by atoms with Crippen molar-refractivity contribution in [3.8, 4) is 5.75 Å². The fourth-order valence-corrected chi connectivity index (χ4v) is 3.66. The fourth-order valence-electron chi connectivity index (χ4n) is 3.53. The van der Waals surface area contributed by atoms with Gasteiger partial charge in [-0.25, -0.2) is 9.67 Å². The van der Waals surface area contributed by atoms with E-state index in [-0.39, 0.29) is 18.6 Å². The first-order valence-electron chi connectivity index (χ1n) is 9.63. The van der Waals surface area contributed by atoms with Crippen LogP contribution in [0.15, 0.2) is 24.3 Å². The SMILES string of the molecule is CC(C)C[C@H]1c2nc(C3CC3)nn2CCN1C(=O)COc1ccc(Cl)cc1. The first-order valence-corrected chi connectivity index (χ1v) is 10.0. The molecule has 0 spiro atoms. The number of carbonyl (C=O) groups is 1. The van der Waals surface area contributed by atoms with Gasteiger partial charge in [0.05, 0.1) is 12.6 Å². The molecule has 1 fully saturated rings. The van der Waals surface area contributed by atoms with Crippen LogP contribution in [-0.4, -0.2) is 38.7 Å². The molecule has 6 nitrogen and oxygen atoms in total. The van der Waals surface area contributed by atoms with E-state index in [4.69, 9.17) is 21.3 Å². The molecule has 1 aromatic carbocycles. The topological polar surface area (TPSA) is 60.2 Å². The van der Waals surface area contributed by atoms with Gasteiger partial charge in [-0.15, -0.1) is 0 Å². The zero-order valence-electron chi connectivity index (χ0n) is 15.8. The van der Waals surface area contributed by atoms with Crippen molar-refractivity contribution in [2.45, 2.75) is 51.6 Å². The molecule has 0 unspecified atom stereocenters. The summed E-state index contributed by atoms with van der Waals surface area (Å²) in [4.78, 5) is 19.6. The van der Waals surface area contributed by atoms with Gasteiger partial charge in [0, 0.05) is 17.5 Å². The van der Waals surface area contributed by atoms with Crippen LogP contribution in [0.2, 0.25) is 5.02 Å². The second-order valence-corrected chi connectivity index (χ2v) is 8.24. The molecule has 1 aromatic heterocycles. The predicted octanol–water partition coefficient (Wildman–Crippen LogP) is 3.82. The Balaban J connectivity index is 1.49. The summed E-state index contributed by atoms with van der Waals surface area (Å²) < 4.78 is 7.68. The number of benzene rings is 1. The zero-order valence-corrected chi connectivity index (χ0v) is 16.5. The lowest BCUT2D eigenvalue weighted by Gasteiger charge is -2.36. The van der Waals surface area contributed by atoms with Gasteiger partial charge < -0.3 is 9.64 Å². The molecule has 2 heterocycles. The standard InChI is InChI=1S/C20H25ClN4O2/c1-13(2)11-17-20-22-19(14-3-4-14)23-25(20)10-9-24(17)18(26)12-27-16-7-5-15(21)6-8-16/h5-8,13-14,17H,3-4,9-12H2,1-2H3/t17-/m0/s1. The van der Waals surface area contributed by atoms with E-state index in [1.807, 2.05) is 9.58 Å². The highest BCUT2D eigenvalue weighted by molar-refractivity contribution is 6.30. The van der Waals surface area contributed by atoms with Crippen LogP contribution in [0.1, 0.15) is 56.7 Å². The minimum absolute atomic E-state index is 0.0137. The van der Waals surface area contributed by atoms with E-state index in [9.17, 15) is 4.79 Å². The van der Waals surface area contributed by atoms with Crippen molar-refractivity contribution in [1.29, 1.82) is 0 Å². The average Bonchev–Trinajstić information content (AvgIpc) is 3.40. The maximum absolute atomic E-state index is 12.9. The van der Waals surface area contributed by atoms with E-state index in [2.05, 4.69) is 18.9 Å². The number of nitrogens with zero attached hydrogens (tertiary/aromatic N) is 4. The Bertz CT molecular complexity index is 814. The van der Waals surface area contributed by atoms with E-state index < -0.39 is 0 Å². The molecule has 2 aliphatic rings. The number of hydrogen-bond acceptors (Lipinski definition) is 4. The Hall–Kier alpha value is -2.08. The van der Waals surface area contributed by atoms with Crippen LogP contribution in [0.3, 0.4) is 0 Å². The van der Waals surface area contributed by atoms with Crippen molar-refractivity contribution in [2.75, 3.05) is 13.2 Å². The van der Waals surface area contributed by atoms with Crippen LogP contribution in [0.4, 0.5) is 0 Å². The lowest BCUT2D eigenvalue weighted by molar-refractivity contribution is -0.137. The molecular formula is C20H25ClN4O2. The van der Waals surface area contributed by atoms with Gasteiger partial charge in [-0.1, -0.05) is 25.4 Å². The maximum atomic E-state index is 12.9. The van der Waals surface area contributed by atoms with Gasteiger partial charge in [-0.05, 0) is 49.4 Å². The largest absolute Gasteiger partial charge is 0.484 e. The van der Waals surface area contributed by atoms with Crippen LogP contribution >= 0.6 is 11.6 Å². The molecule has 144 valence electrons. The summed E-state index contributed by atoms with van der Waals surface area (Å²) in [6.07, 6.45) is 3.22. The predicted molar refractivity (Wildman–Crippen MR) is 103 cm³/mol. The molecule has 1 aliphatic heterocycles. The number of fused-ring (bicyclic) bond motifs is 1. The highest BCUT2D eigenvalue weighted by atomic mass is 35.5. The van der Waals surface area contributed by atoms with Crippen LogP contribution in [0.5, 0.6) is 5.75 Å². The molecule has 4 rings (SSSR count). The Morgan fingerprint density at radius 2 is 2.00 bits per heavy atom. The summed E-state index contributed by atoms with van der Waals surface area (Å²) in [5.41, 5.74) is 0. The van der Waals surface area contributed by atoms with Gasteiger partial charge in [0.25, 0.3) is 5.91 Å². The number of hydrogen-bond donors (Lipinski definition) is 0. The third-order valence-electron chi connectivity index (χ3n) is 5.08. The smallest absolute Gasteiger partial charge is 0.261 e. The summed E-state index contributed by atoms with van der Waals surface area (Å²) in [7, 11) is 0. The quantitative estimate of drug-likeness (QED) is 0.754. The lowest BCUT2D eigenvalue weighted by atomic mass is 10.00. The monoisotopic (exact) mass is 388 g/mol. The Morgan fingerprint density at radius 1 is 1.26 bits per heavy atom. The first kappa shape index (κ1) is 18.3. The lowest BCUT2D eigenvalue weighted by Crippen LogP contribution is -2.45. The molecule has 1 saturated carbocycles. The second-order valence-electron chi connectivity index (χ2n) is 7.80. The molecule has 1 aliphatic carbocycles. The minimum Gasteiger partial charge on any atom is -0.484 e. The van der Waals surface area contributed by atoms with Crippen molar-refractivity contribution >= 4 is 17.5 Å². The number of rotatable bonds is 6. The van der Waals surface area contributed by atoms with Crippen molar-refractivity contribution in [2.24, 2.45) is 5.92 Å². The summed E-state index contributed by atoms with van der Waals surface area (Å²) in [6.45, 7) is 5.69. The highest BCUT2D eigenvalue weighted by Crippen LogP contribution is 2.40. The fraction of sp³-hybridized carbons (Fsp3) is 0.550. The number of carbonyl (C=O) groups excluding carboxylic acids is 1. The molecule has 1 amide bonds. The molecule has 0 N–H and O–H groups in total. The third kappa shape index (κ3) is 4.10. The molecule has 2 aromatic rings. The van der Waals surface area contributed by atoms with Crippen LogP contribution in [0, 0.1) is 5.92 Å². The van der Waals surface area contributed by atoms with Gasteiger partial charge in [0.2, 0.25) is 0 Å². The van der Waals surface area contributed by atoms with Gasteiger partial charge in [-0.3, -0.25) is 4.79 Å². The van der Waals surface area contributed by atoms with Gasteiger partial charge in [0.15, 0.2) is 12.4 Å². The summed E-state index contributed by atoms with van der Waals surface area (Å²) in [6, 6.07) is 7.02. The normalized spacial score (nSPS) is 19.3. The molecule has 1 atom stereocenters. The van der Waals surface area contributed by atoms with Crippen molar-refractivity contribution in [1.82, 2.24) is 19.7 Å². The number of halogens is 1. The van der Waals surface area contributed by atoms with E-state index in [1.54, 1.807) is 24.3 Å².